The van der Waals surface area contributed by atoms with Crippen LogP contribution in [0.4, 0.5) is 25.8 Å². The first-order valence-corrected chi connectivity index (χ1v) is 10.4. The van der Waals surface area contributed by atoms with Gasteiger partial charge in [-0.15, -0.1) is 0 Å². The molecule has 0 saturated carbocycles. The molecule has 0 aliphatic carbocycles. The molecule has 32 heavy (non-hydrogen) atoms. The number of hydrogen-bond acceptors (Lipinski definition) is 5. The summed E-state index contributed by atoms with van der Waals surface area (Å²) in [6.07, 6.45) is 1.96. The number of esters is 1. The zero-order valence-corrected chi connectivity index (χ0v) is 17.6. The molecule has 1 atom stereocenters. The van der Waals surface area contributed by atoms with Gasteiger partial charge in [0.25, 0.3) is 0 Å². The zero-order valence-electron chi connectivity index (χ0n) is 17.6. The van der Waals surface area contributed by atoms with Crippen LogP contribution in [0.1, 0.15) is 29.6 Å². The van der Waals surface area contributed by atoms with E-state index in [0.29, 0.717) is 17.3 Å². The standard InChI is InChI=1S/C23H23F2N3O4/c1-32-23(31)14-4-6-20(27-8-2-3-9-27)18(10-14)26-22(30)15-11-21(29)28(13-15)19-7-5-16(24)12-17(19)25/h4-7,10,12,15H,2-3,8-9,11,13H2,1H3,(H,26,30). The lowest BCUT2D eigenvalue weighted by atomic mass is 10.1. The Morgan fingerprint density at radius 3 is 2.47 bits per heavy atom. The number of amides is 2. The second-order valence-corrected chi connectivity index (χ2v) is 7.91. The third-order valence-corrected chi connectivity index (χ3v) is 5.82. The van der Waals surface area contributed by atoms with Gasteiger partial charge in [-0.25, -0.2) is 13.6 Å². The molecule has 7 nitrogen and oxygen atoms in total. The molecule has 0 bridgehead atoms. The number of nitrogens with zero attached hydrogens (tertiary/aromatic N) is 2. The summed E-state index contributed by atoms with van der Waals surface area (Å²) in [4.78, 5) is 40.7. The predicted molar refractivity (Wildman–Crippen MR) is 115 cm³/mol. The van der Waals surface area contributed by atoms with Gasteiger partial charge >= 0.3 is 5.97 Å². The fraction of sp³-hybridized carbons (Fsp3) is 0.348. The normalized spacial score (nSPS) is 18.2. The molecule has 2 aromatic rings. The van der Waals surface area contributed by atoms with E-state index in [1.165, 1.54) is 13.2 Å². The fourth-order valence-corrected chi connectivity index (χ4v) is 4.17. The van der Waals surface area contributed by atoms with E-state index in [4.69, 9.17) is 4.74 Å². The first-order chi connectivity index (χ1) is 15.4. The Morgan fingerprint density at radius 1 is 1.06 bits per heavy atom. The smallest absolute Gasteiger partial charge is 0.337 e. The molecule has 2 saturated heterocycles. The Hall–Kier alpha value is -3.49. The average molecular weight is 443 g/mol. The van der Waals surface area contributed by atoms with Crippen molar-refractivity contribution < 1.29 is 27.9 Å². The maximum Gasteiger partial charge on any atom is 0.337 e. The number of nitrogens with one attached hydrogen (secondary N) is 1. The minimum atomic E-state index is -0.860. The van der Waals surface area contributed by atoms with Crippen molar-refractivity contribution in [2.24, 2.45) is 5.92 Å². The minimum Gasteiger partial charge on any atom is -0.465 e. The van der Waals surface area contributed by atoms with E-state index in [9.17, 15) is 23.2 Å². The monoisotopic (exact) mass is 443 g/mol. The summed E-state index contributed by atoms with van der Waals surface area (Å²) in [6, 6.07) is 7.94. The van der Waals surface area contributed by atoms with Crippen molar-refractivity contribution in [2.45, 2.75) is 19.3 Å². The summed E-state index contributed by atoms with van der Waals surface area (Å²) in [6.45, 7) is 1.64. The number of benzene rings is 2. The molecule has 2 fully saturated rings. The molecule has 9 heteroatoms. The lowest BCUT2D eigenvalue weighted by molar-refractivity contribution is -0.122. The van der Waals surface area contributed by atoms with E-state index >= 15 is 0 Å². The van der Waals surface area contributed by atoms with E-state index in [-0.39, 0.29) is 18.7 Å². The van der Waals surface area contributed by atoms with Crippen molar-refractivity contribution in [1.29, 1.82) is 0 Å². The number of methoxy groups -OCH3 is 1. The predicted octanol–water partition coefficient (Wildman–Crippen LogP) is 3.34. The summed E-state index contributed by atoms with van der Waals surface area (Å²) in [5.74, 6) is -3.68. The van der Waals surface area contributed by atoms with Gasteiger partial charge in [-0.1, -0.05) is 0 Å². The topological polar surface area (TPSA) is 79.0 Å². The lowest BCUT2D eigenvalue weighted by Crippen LogP contribution is -2.29. The number of carbonyl (C=O) groups is 3. The van der Waals surface area contributed by atoms with Crippen molar-refractivity contribution in [3.05, 3.63) is 53.6 Å². The van der Waals surface area contributed by atoms with Crippen LogP contribution in [0.5, 0.6) is 0 Å². The Kier molecular flexibility index (Phi) is 6.07. The molecule has 2 heterocycles. The molecule has 1 unspecified atom stereocenters. The minimum absolute atomic E-state index is 0.0248. The quantitative estimate of drug-likeness (QED) is 0.718. The van der Waals surface area contributed by atoms with E-state index in [1.807, 2.05) is 0 Å². The van der Waals surface area contributed by atoms with Gasteiger partial charge in [-0.3, -0.25) is 9.59 Å². The molecule has 0 radical (unpaired) electrons. The van der Waals surface area contributed by atoms with E-state index < -0.39 is 35.3 Å². The summed E-state index contributed by atoms with van der Waals surface area (Å²) in [5.41, 5.74) is 1.48. The number of rotatable bonds is 5. The van der Waals surface area contributed by atoms with Gasteiger partial charge in [-0.05, 0) is 43.2 Å². The molecule has 0 aromatic heterocycles. The van der Waals surface area contributed by atoms with Crippen LogP contribution in [-0.4, -0.2) is 44.5 Å². The van der Waals surface area contributed by atoms with Gasteiger partial charge in [0.05, 0.1) is 35.7 Å². The van der Waals surface area contributed by atoms with Gasteiger partial charge in [-0.2, -0.15) is 0 Å². The maximum absolute atomic E-state index is 14.1. The van der Waals surface area contributed by atoms with Crippen LogP contribution in [0.25, 0.3) is 0 Å². The van der Waals surface area contributed by atoms with Crippen LogP contribution in [0, 0.1) is 17.6 Å². The number of ether oxygens (including phenoxy) is 1. The molecular formula is C23H23F2N3O4. The van der Waals surface area contributed by atoms with Crippen LogP contribution in [0.2, 0.25) is 0 Å². The second kappa shape index (κ2) is 8.94. The summed E-state index contributed by atoms with van der Waals surface area (Å²) in [7, 11) is 1.28. The summed E-state index contributed by atoms with van der Waals surface area (Å²) < 4.78 is 32.1. The second-order valence-electron chi connectivity index (χ2n) is 7.91. The highest BCUT2D eigenvalue weighted by atomic mass is 19.1. The molecule has 2 aliphatic heterocycles. The molecular weight excluding hydrogens is 420 g/mol. The van der Waals surface area contributed by atoms with Gasteiger partial charge in [0.15, 0.2) is 0 Å². The van der Waals surface area contributed by atoms with Crippen LogP contribution in [0.15, 0.2) is 36.4 Å². The largest absolute Gasteiger partial charge is 0.465 e. The Morgan fingerprint density at radius 2 is 1.78 bits per heavy atom. The number of halogens is 2. The summed E-state index contributed by atoms with van der Waals surface area (Å²) >= 11 is 0. The SMILES string of the molecule is COC(=O)c1ccc(N2CCCC2)c(NC(=O)C2CC(=O)N(c3ccc(F)cc3F)C2)c1. The average Bonchev–Trinajstić information content (AvgIpc) is 3.43. The van der Waals surface area contributed by atoms with Crippen LogP contribution >= 0.6 is 0 Å². The Bertz CT molecular complexity index is 1070. The molecule has 2 amide bonds. The zero-order chi connectivity index (χ0) is 22.8. The Balaban J connectivity index is 1.55. The van der Waals surface area contributed by atoms with Crippen molar-refractivity contribution >= 4 is 34.8 Å². The summed E-state index contributed by atoms with van der Waals surface area (Å²) in [5, 5.41) is 2.84. The highest BCUT2D eigenvalue weighted by Crippen LogP contribution is 2.33. The van der Waals surface area contributed by atoms with Gasteiger partial charge in [0.2, 0.25) is 11.8 Å². The number of carbonyl (C=O) groups excluding carboxylic acids is 3. The van der Waals surface area contributed by atoms with Crippen LogP contribution < -0.4 is 15.1 Å². The lowest BCUT2D eigenvalue weighted by Gasteiger charge is -2.23. The third kappa shape index (κ3) is 4.28. The third-order valence-electron chi connectivity index (χ3n) is 5.82. The van der Waals surface area contributed by atoms with E-state index in [1.54, 1.807) is 18.2 Å². The van der Waals surface area contributed by atoms with Crippen molar-refractivity contribution in [2.75, 3.05) is 41.9 Å². The molecule has 4 rings (SSSR count). The van der Waals surface area contributed by atoms with Crippen LogP contribution in [-0.2, 0) is 14.3 Å². The van der Waals surface area contributed by atoms with Crippen LogP contribution in [0.3, 0.4) is 0 Å². The van der Waals surface area contributed by atoms with Gasteiger partial charge in [0, 0.05) is 32.1 Å². The number of anilines is 3. The fourth-order valence-electron chi connectivity index (χ4n) is 4.17. The molecule has 168 valence electrons. The molecule has 1 N–H and O–H groups in total. The van der Waals surface area contributed by atoms with Gasteiger partial charge < -0.3 is 19.9 Å². The van der Waals surface area contributed by atoms with E-state index in [0.717, 1.165) is 42.6 Å². The van der Waals surface area contributed by atoms with Gasteiger partial charge in [0.1, 0.15) is 11.6 Å². The highest BCUT2D eigenvalue weighted by Gasteiger charge is 2.36. The van der Waals surface area contributed by atoms with Crippen molar-refractivity contribution in [3.8, 4) is 0 Å². The maximum atomic E-state index is 14.1. The first-order valence-electron chi connectivity index (χ1n) is 10.4. The number of hydrogen-bond donors (Lipinski definition) is 1. The van der Waals surface area contributed by atoms with Crippen molar-refractivity contribution in [3.63, 3.8) is 0 Å². The first kappa shape index (κ1) is 21.7. The molecule has 2 aliphatic rings. The Labute approximate surface area is 183 Å². The molecule has 2 aromatic carbocycles. The molecule has 0 spiro atoms. The van der Waals surface area contributed by atoms with Crippen molar-refractivity contribution in [1.82, 2.24) is 0 Å². The van der Waals surface area contributed by atoms with E-state index in [2.05, 4.69) is 10.2 Å². The highest BCUT2D eigenvalue weighted by molar-refractivity contribution is 6.05.